The second kappa shape index (κ2) is 8.90. The van der Waals surface area contributed by atoms with Crippen LogP contribution in [0.15, 0.2) is 42.6 Å². The number of hydrogen-bond acceptors (Lipinski definition) is 5. The fourth-order valence-corrected chi connectivity index (χ4v) is 2.54. The zero-order valence-electron chi connectivity index (χ0n) is 15.2. The molecule has 1 fully saturated rings. The Morgan fingerprint density at radius 2 is 2.07 bits per heavy atom. The van der Waals surface area contributed by atoms with Crippen molar-refractivity contribution in [3.05, 3.63) is 48.2 Å². The molecule has 7 nitrogen and oxygen atoms in total. The van der Waals surface area contributed by atoms with Crippen molar-refractivity contribution in [1.29, 1.82) is 5.26 Å². The molecule has 2 heterocycles. The maximum atomic E-state index is 12.2. The summed E-state index contributed by atoms with van der Waals surface area (Å²) in [5, 5.41) is 11.6. The summed E-state index contributed by atoms with van der Waals surface area (Å²) in [6.45, 7) is 3.80. The van der Waals surface area contributed by atoms with E-state index in [0.29, 0.717) is 31.1 Å². The van der Waals surface area contributed by atoms with E-state index in [9.17, 15) is 4.79 Å². The Morgan fingerprint density at radius 1 is 1.30 bits per heavy atom. The van der Waals surface area contributed by atoms with Gasteiger partial charge in [-0.1, -0.05) is 13.3 Å². The number of carbonyl (C=O) groups excluding carboxylic acids is 1. The van der Waals surface area contributed by atoms with Crippen LogP contribution in [0.4, 0.5) is 10.5 Å². The lowest BCUT2D eigenvalue weighted by Gasteiger charge is -2.38. The van der Waals surface area contributed by atoms with Crippen LogP contribution in [0.1, 0.15) is 25.3 Å². The van der Waals surface area contributed by atoms with E-state index in [1.165, 1.54) is 6.20 Å². The zero-order chi connectivity index (χ0) is 19.1. The van der Waals surface area contributed by atoms with Crippen molar-refractivity contribution in [2.75, 3.05) is 25.0 Å². The highest BCUT2D eigenvalue weighted by atomic mass is 16.5. The van der Waals surface area contributed by atoms with Gasteiger partial charge in [0.05, 0.1) is 25.3 Å². The summed E-state index contributed by atoms with van der Waals surface area (Å²) in [6, 6.07) is 12.5. The number of nitriles is 1. The van der Waals surface area contributed by atoms with E-state index >= 15 is 0 Å². The van der Waals surface area contributed by atoms with Gasteiger partial charge in [0.2, 0.25) is 5.88 Å². The summed E-state index contributed by atoms with van der Waals surface area (Å²) >= 11 is 0. The molecule has 27 heavy (non-hydrogen) atoms. The van der Waals surface area contributed by atoms with Gasteiger partial charge < -0.3 is 19.7 Å². The molecule has 7 heteroatoms. The summed E-state index contributed by atoms with van der Waals surface area (Å²) in [4.78, 5) is 18.0. The van der Waals surface area contributed by atoms with Gasteiger partial charge in [0.15, 0.2) is 0 Å². The van der Waals surface area contributed by atoms with Crippen LogP contribution in [-0.2, 0) is 0 Å². The van der Waals surface area contributed by atoms with E-state index in [0.717, 1.165) is 24.3 Å². The van der Waals surface area contributed by atoms with E-state index < -0.39 is 0 Å². The third-order valence-electron chi connectivity index (χ3n) is 4.16. The number of pyridine rings is 1. The first-order valence-corrected chi connectivity index (χ1v) is 8.99. The molecule has 1 aromatic carbocycles. The van der Waals surface area contributed by atoms with Crippen molar-refractivity contribution in [1.82, 2.24) is 9.88 Å². The van der Waals surface area contributed by atoms with Gasteiger partial charge in [-0.2, -0.15) is 5.26 Å². The molecule has 0 aliphatic carbocycles. The van der Waals surface area contributed by atoms with Gasteiger partial charge in [-0.15, -0.1) is 0 Å². The molecular formula is C20H22N4O3. The maximum Gasteiger partial charge on any atom is 0.322 e. The number of aromatic nitrogens is 1. The van der Waals surface area contributed by atoms with Crippen LogP contribution in [0.5, 0.6) is 11.6 Å². The minimum Gasteiger partial charge on any atom is -0.494 e. The number of nitrogens with one attached hydrogen (secondary N) is 1. The number of rotatable bonds is 7. The number of hydrogen-bond donors (Lipinski definition) is 1. The van der Waals surface area contributed by atoms with E-state index in [1.807, 2.05) is 30.3 Å². The average molecular weight is 366 g/mol. The SMILES string of the molecule is CCCCOc1ccc(NC(=O)N2CC(Oc3ccc(C#N)cn3)C2)cc1. The number of carbonyl (C=O) groups is 1. The predicted molar refractivity (Wildman–Crippen MR) is 101 cm³/mol. The molecule has 0 saturated carbocycles. The second-order valence-electron chi connectivity index (χ2n) is 6.30. The van der Waals surface area contributed by atoms with Crippen LogP contribution < -0.4 is 14.8 Å². The van der Waals surface area contributed by atoms with Gasteiger partial charge in [-0.3, -0.25) is 0 Å². The Morgan fingerprint density at radius 3 is 2.70 bits per heavy atom. The number of unbranched alkanes of at least 4 members (excludes halogenated alkanes) is 1. The van der Waals surface area contributed by atoms with Crippen LogP contribution in [-0.4, -0.2) is 41.7 Å². The normalized spacial score (nSPS) is 13.4. The Kier molecular flexibility index (Phi) is 6.10. The molecule has 1 N–H and O–H groups in total. The third kappa shape index (κ3) is 5.11. The molecule has 0 radical (unpaired) electrons. The Bertz CT molecular complexity index is 793. The predicted octanol–water partition coefficient (Wildman–Crippen LogP) is 3.43. The van der Waals surface area contributed by atoms with Crippen molar-refractivity contribution in [2.24, 2.45) is 0 Å². The van der Waals surface area contributed by atoms with Gasteiger partial charge in [0, 0.05) is 18.0 Å². The van der Waals surface area contributed by atoms with Gasteiger partial charge in [0.25, 0.3) is 0 Å². The summed E-state index contributed by atoms with van der Waals surface area (Å²) in [6.07, 6.45) is 3.49. The molecule has 0 spiro atoms. The topological polar surface area (TPSA) is 87.5 Å². The van der Waals surface area contributed by atoms with Crippen molar-refractivity contribution in [2.45, 2.75) is 25.9 Å². The monoisotopic (exact) mass is 366 g/mol. The number of anilines is 1. The van der Waals surface area contributed by atoms with E-state index in [2.05, 4.69) is 17.2 Å². The highest BCUT2D eigenvalue weighted by Gasteiger charge is 2.32. The quantitative estimate of drug-likeness (QED) is 0.759. The number of likely N-dealkylation sites (tertiary alicyclic amines) is 1. The number of amides is 2. The molecule has 0 atom stereocenters. The number of ether oxygens (including phenoxy) is 2. The molecule has 2 aromatic rings. The summed E-state index contributed by atoms with van der Waals surface area (Å²) in [7, 11) is 0. The molecular weight excluding hydrogens is 344 g/mol. The maximum absolute atomic E-state index is 12.2. The van der Waals surface area contributed by atoms with Gasteiger partial charge >= 0.3 is 6.03 Å². The molecule has 1 aromatic heterocycles. The molecule has 1 saturated heterocycles. The smallest absolute Gasteiger partial charge is 0.322 e. The lowest BCUT2D eigenvalue weighted by Crippen LogP contribution is -2.57. The fourth-order valence-electron chi connectivity index (χ4n) is 2.54. The Balaban J connectivity index is 1.41. The minimum atomic E-state index is -0.165. The van der Waals surface area contributed by atoms with Gasteiger partial charge in [0.1, 0.15) is 17.9 Å². The molecule has 2 amide bonds. The molecule has 0 unspecified atom stereocenters. The lowest BCUT2D eigenvalue weighted by molar-refractivity contribution is 0.0461. The van der Waals surface area contributed by atoms with Gasteiger partial charge in [-0.25, -0.2) is 9.78 Å². The van der Waals surface area contributed by atoms with E-state index in [-0.39, 0.29) is 12.1 Å². The molecule has 1 aliphatic heterocycles. The van der Waals surface area contributed by atoms with Crippen LogP contribution in [0, 0.1) is 11.3 Å². The third-order valence-corrected chi connectivity index (χ3v) is 4.16. The largest absolute Gasteiger partial charge is 0.494 e. The van der Waals surface area contributed by atoms with Crippen molar-refractivity contribution in [3.8, 4) is 17.7 Å². The van der Waals surface area contributed by atoms with Gasteiger partial charge in [-0.05, 0) is 36.8 Å². The van der Waals surface area contributed by atoms with Crippen LogP contribution >= 0.6 is 0 Å². The molecule has 1 aliphatic rings. The highest BCUT2D eigenvalue weighted by molar-refractivity contribution is 5.90. The van der Waals surface area contributed by atoms with Crippen molar-refractivity contribution >= 4 is 11.7 Å². The van der Waals surface area contributed by atoms with E-state index in [4.69, 9.17) is 14.7 Å². The Hall–Kier alpha value is -3.27. The fraction of sp³-hybridized carbons (Fsp3) is 0.350. The first kappa shape index (κ1) is 18.5. The average Bonchev–Trinajstić information content (AvgIpc) is 2.66. The Labute approximate surface area is 158 Å². The number of nitrogens with zero attached hydrogens (tertiary/aromatic N) is 3. The highest BCUT2D eigenvalue weighted by Crippen LogP contribution is 2.19. The standard InChI is InChI=1S/C20H22N4O3/c1-2-3-10-26-17-7-5-16(6-8-17)23-20(25)24-13-18(14-24)27-19-9-4-15(11-21)12-22-19/h4-9,12,18H,2-3,10,13-14H2,1H3,(H,23,25). The molecule has 140 valence electrons. The summed E-state index contributed by atoms with van der Waals surface area (Å²) in [5.74, 6) is 1.26. The van der Waals surface area contributed by atoms with Crippen molar-refractivity contribution in [3.63, 3.8) is 0 Å². The summed E-state index contributed by atoms with van der Waals surface area (Å²) in [5.41, 5.74) is 1.21. The van der Waals surface area contributed by atoms with Crippen molar-refractivity contribution < 1.29 is 14.3 Å². The minimum absolute atomic E-state index is 0.0921. The van der Waals surface area contributed by atoms with Crippen LogP contribution in [0.25, 0.3) is 0 Å². The lowest BCUT2D eigenvalue weighted by atomic mass is 10.2. The van der Waals surface area contributed by atoms with Crippen LogP contribution in [0.2, 0.25) is 0 Å². The molecule has 0 bridgehead atoms. The van der Waals surface area contributed by atoms with E-state index in [1.54, 1.807) is 17.0 Å². The number of urea groups is 1. The first-order valence-electron chi connectivity index (χ1n) is 8.99. The van der Waals surface area contributed by atoms with Crippen LogP contribution in [0.3, 0.4) is 0 Å². The number of benzene rings is 1. The molecule has 3 rings (SSSR count). The first-order chi connectivity index (χ1) is 13.2. The second-order valence-corrected chi connectivity index (χ2v) is 6.30. The zero-order valence-corrected chi connectivity index (χ0v) is 15.2. The summed E-state index contributed by atoms with van der Waals surface area (Å²) < 4.78 is 11.3.